The van der Waals surface area contributed by atoms with E-state index >= 15 is 0 Å². The molecule has 0 saturated carbocycles. The van der Waals surface area contributed by atoms with Gasteiger partial charge in [-0.3, -0.25) is 9.69 Å². The summed E-state index contributed by atoms with van der Waals surface area (Å²) in [6.07, 6.45) is 5.69. The smallest absolute Gasteiger partial charge is 0.219 e. The van der Waals surface area contributed by atoms with E-state index in [1.54, 1.807) is 7.05 Å². The highest BCUT2D eigenvalue weighted by atomic mass is 16.5. The Morgan fingerprint density at radius 3 is 2.82 bits per heavy atom. The second-order valence-corrected chi connectivity index (χ2v) is 4.82. The third kappa shape index (κ3) is 6.64. The van der Waals surface area contributed by atoms with Gasteiger partial charge in [0.25, 0.3) is 0 Å². The van der Waals surface area contributed by atoms with Crippen molar-refractivity contribution in [3.63, 3.8) is 0 Å². The summed E-state index contributed by atoms with van der Waals surface area (Å²) >= 11 is 0. The van der Waals surface area contributed by atoms with Crippen molar-refractivity contribution >= 4 is 5.91 Å². The average Bonchev–Trinajstić information content (AvgIpc) is 2.33. The van der Waals surface area contributed by atoms with Crippen LogP contribution >= 0.6 is 0 Å². The molecule has 0 aromatic rings. The maximum Gasteiger partial charge on any atom is 0.219 e. The molecule has 0 aliphatic carbocycles. The van der Waals surface area contributed by atoms with Crippen LogP contribution in [0, 0.1) is 0 Å². The van der Waals surface area contributed by atoms with Crippen molar-refractivity contribution in [2.45, 2.75) is 45.1 Å². The first-order valence-corrected chi connectivity index (χ1v) is 6.77. The molecular weight excluding hydrogens is 216 g/mol. The summed E-state index contributed by atoms with van der Waals surface area (Å²) in [6.45, 7) is 6.32. The van der Waals surface area contributed by atoms with Crippen LogP contribution in [-0.2, 0) is 9.53 Å². The van der Waals surface area contributed by atoms with Crippen molar-refractivity contribution in [3.05, 3.63) is 0 Å². The van der Waals surface area contributed by atoms with E-state index in [0.717, 1.165) is 32.5 Å². The maximum atomic E-state index is 11.0. The minimum atomic E-state index is 0.159. The zero-order valence-electron chi connectivity index (χ0n) is 11.2. The fourth-order valence-corrected chi connectivity index (χ4v) is 2.19. The van der Waals surface area contributed by atoms with E-state index in [0.29, 0.717) is 12.5 Å². The van der Waals surface area contributed by atoms with Crippen LogP contribution in [0.25, 0.3) is 0 Å². The average molecular weight is 242 g/mol. The Balaban J connectivity index is 1.91. The van der Waals surface area contributed by atoms with Gasteiger partial charge in [0, 0.05) is 26.6 Å². The predicted molar refractivity (Wildman–Crippen MR) is 69.0 cm³/mol. The van der Waals surface area contributed by atoms with Gasteiger partial charge in [-0.2, -0.15) is 0 Å². The Labute approximate surface area is 105 Å². The molecule has 1 unspecified atom stereocenters. The van der Waals surface area contributed by atoms with Crippen LogP contribution in [0.15, 0.2) is 0 Å². The largest absolute Gasteiger partial charge is 0.376 e. The van der Waals surface area contributed by atoms with Gasteiger partial charge in [0.2, 0.25) is 5.91 Å². The Morgan fingerprint density at radius 1 is 1.35 bits per heavy atom. The summed E-state index contributed by atoms with van der Waals surface area (Å²) in [5.74, 6) is 0.159. The minimum absolute atomic E-state index is 0.159. The van der Waals surface area contributed by atoms with E-state index < -0.39 is 0 Å². The Morgan fingerprint density at radius 2 is 2.12 bits per heavy atom. The van der Waals surface area contributed by atoms with Crippen LogP contribution in [0.3, 0.4) is 0 Å². The van der Waals surface area contributed by atoms with Gasteiger partial charge in [-0.1, -0.05) is 12.8 Å². The molecule has 1 fully saturated rings. The standard InChI is InChI=1S/C13H26N2O2/c1-12-11-15(9-10-17-12)8-6-4-3-5-7-13(16)14-2/h12H,3-11H2,1-2H3,(H,14,16). The first-order chi connectivity index (χ1) is 8.22. The molecule has 1 saturated heterocycles. The normalized spacial score (nSPS) is 21.4. The molecule has 17 heavy (non-hydrogen) atoms. The summed E-state index contributed by atoms with van der Waals surface area (Å²) < 4.78 is 5.51. The van der Waals surface area contributed by atoms with Crippen molar-refractivity contribution < 1.29 is 9.53 Å². The molecule has 1 heterocycles. The second kappa shape index (κ2) is 8.48. The van der Waals surface area contributed by atoms with Crippen LogP contribution < -0.4 is 5.32 Å². The van der Waals surface area contributed by atoms with Crippen molar-refractivity contribution in [2.24, 2.45) is 0 Å². The Kier molecular flexibility index (Phi) is 7.21. The number of carbonyl (C=O) groups excluding carboxylic acids is 1. The van der Waals surface area contributed by atoms with E-state index in [-0.39, 0.29) is 5.91 Å². The Bertz CT molecular complexity index is 221. The third-order valence-electron chi connectivity index (χ3n) is 3.23. The van der Waals surface area contributed by atoms with E-state index in [2.05, 4.69) is 17.1 Å². The first-order valence-electron chi connectivity index (χ1n) is 6.77. The van der Waals surface area contributed by atoms with Gasteiger partial charge in [0.1, 0.15) is 0 Å². The minimum Gasteiger partial charge on any atom is -0.376 e. The molecular formula is C13H26N2O2. The van der Waals surface area contributed by atoms with Crippen molar-refractivity contribution in [2.75, 3.05) is 33.3 Å². The number of amides is 1. The number of carbonyl (C=O) groups is 1. The van der Waals surface area contributed by atoms with Crippen molar-refractivity contribution in [3.8, 4) is 0 Å². The van der Waals surface area contributed by atoms with Crippen LogP contribution in [-0.4, -0.2) is 50.2 Å². The lowest BCUT2D eigenvalue weighted by Gasteiger charge is -2.30. The van der Waals surface area contributed by atoms with Crippen LogP contribution in [0.5, 0.6) is 0 Å². The fourth-order valence-electron chi connectivity index (χ4n) is 2.19. The Hall–Kier alpha value is -0.610. The number of ether oxygens (including phenoxy) is 1. The summed E-state index contributed by atoms with van der Waals surface area (Å²) in [6, 6.07) is 0. The molecule has 1 rings (SSSR count). The van der Waals surface area contributed by atoms with E-state index in [4.69, 9.17) is 4.74 Å². The molecule has 1 amide bonds. The maximum absolute atomic E-state index is 11.0. The van der Waals surface area contributed by atoms with Gasteiger partial charge < -0.3 is 10.1 Å². The lowest BCUT2D eigenvalue weighted by atomic mass is 10.1. The van der Waals surface area contributed by atoms with Gasteiger partial charge >= 0.3 is 0 Å². The zero-order valence-corrected chi connectivity index (χ0v) is 11.2. The molecule has 0 aromatic heterocycles. The monoisotopic (exact) mass is 242 g/mol. The number of nitrogens with zero attached hydrogens (tertiary/aromatic N) is 1. The molecule has 0 spiro atoms. The van der Waals surface area contributed by atoms with Gasteiger partial charge in [-0.05, 0) is 26.3 Å². The lowest BCUT2D eigenvalue weighted by molar-refractivity contribution is -0.120. The molecule has 100 valence electrons. The molecule has 4 nitrogen and oxygen atoms in total. The highest BCUT2D eigenvalue weighted by Crippen LogP contribution is 2.08. The summed E-state index contributed by atoms with van der Waals surface area (Å²) in [7, 11) is 1.70. The number of hydrogen-bond acceptors (Lipinski definition) is 3. The zero-order chi connectivity index (χ0) is 12.5. The summed E-state index contributed by atoms with van der Waals surface area (Å²) in [5.41, 5.74) is 0. The molecule has 4 heteroatoms. The number of morpholine rings is 1. The lowest BCUT2D eigenvalue weighted by Crippen LogP contribution is -2.41. The number of rotatable bonds is 7. The summed E-state index contributed by atoms with van der Waals surface area (Å²) in [5, 5.41) is 2.65. The highest BCUT2D eigenvalue weighted by molar-refractivity contribution is 5.75. The van der Waals surface area contributed by atoms with Crippen molar-refractivity contribution in [1.82, 2.24) is 10.2 Å². The van der Waals surface area contributed by atoms with E-state index in [9.17, 15) is 4.79 Å². The molecule has 0 radical (unpaired) electrons. The van der Waals surface area contributed by atoms with Gasteiger partial charge in [0.05, 0.1) is 12.7 Å². The van der Waals surface area contributed by atoms with Crippen LogP contribution in [0.4, 0.5) is 0 Å². The van der Waals surface area contributed by atoms with Gasteiger partial charge in [0.15, 0.2) is 0 Å². The number of nitrogens with one attached hydrogen (secondary N) is 1. The molecule has 0 bridgehead atoms. The highest BCUT2D eigenvalue weighted by Gasteiger charge is 2.15. The van der Waals surface area contributed by atoms with Crippen molar-refractivity contribution in [1.29, 1.82) is 0 Å². The SMILES string of the molecule is CNC(=O)CCCCCCN1CCOC(C)C1. The van der Waals surface area contributed by atoms with E-state index in [1.165, 1.54) is 19.4 Å². The third-order valence-corrected chi connectivity index (χ3v) is 3.23. The van der Waals surface area contributed by atoms with Crippen LogP contribution in [0.2, 0.25) is 0 Å². The molecule has 1 atom stereocenters. The molecule has 0 aromatic carbocycles. The first kappa shape index (κ1) is 14.5. The van der Waals surface area contributed by atoms with E-state index in [1.807, 2.05) is 0 Å². The molecule has 1 aliphatic rings. The topological polar surface area (TPSA) is 41.6 Å². The summed E-state index contributed by atoms with van der Waals surface area (Å²) in [4.78, 5) is 13.5. The second-order valence-electron chi connectivity index (χ2n) is 4.82. The van der Waals surface area contributed by atoms with Gasteiger partial charge in [-0.15, -0.1) is 0 Å². The number of hydrogen-bond donors (Lipinski definition) is 1. The number of unbranched alkanes of at least 4 members (excludes halogenated alkanes) is 3. The quantitative estimate of drug-likeness (QED) is 0.686. The van der Waals surface area contributed by atoms with Gasteiger partial charge in [-0.25, -0.2) is 0 Å². The van der Waals surface area contributed by atoms with Crippen LogP contribution in [0.1, 0.15) is 39.0 Å². The predicted octanol–water partition coefficient (Wildman–Crippen LogP) is 1.40. The molecule has 1 N–H and O–H groups in total. The fraction of sp³-hybridized carbons (Fsp3) is 0.923. The molecule has 1 aliphatic heterocycles.